The Kier molecular flexibility index (Phi) is 4.81. The van der Waals surface area contributed by atoms with E-state index < -0.39 is 0 Å². The number of ether oxygens (including phenoxy) is 2. The van der Waals surface area contributed by atoms with E-state index in [1.165, 1.54) is 25.7 Å². The van der Waals surface area contributed by atoms with Crippen molar-refractivity contribution in [3.05, 3.63) is 62.3 Å². The number of carbonyl (C=O) groups is 1. The Morgan fingerprint density at radius 1 is 1.10 bits per heavy atom. The van der Waals surface area contributed by atoms with Gasteiger partial charge in [0.15, 0.2) is 5.76 Å². The zero-order valence-electron chi connectivity index (χ0n) is 16.1. The number of carbonyl (C=O) groups excluding carboxylic acids is 1. The summed E-state index contributed by atoms with van der Waals surface area (Å²) in [4.78, 5) is 15.4. The average Bonchev–Trinajstić information content (AvgIpc) is 3.35. The molecule has 0 amide bonds. The number of benzene rings is 2. The molecule has 0 radical (unpaired) electrons. The van der Waals surface area contributed by atoms with E-state index in [1.807, 2.05) is 13.0 Å². The Labute approximate surface area is 180 Å². The summed E-state index contributed by atoms with van der Waals surface area (Å²) in [5.41, 5.74) is 3.31. The van der Waals surface area contributed by atoms with Crippen LogP contribution in [-0.4, -0.2) is 23.5 Å². The van der Waals surface area contributed by atoms with Crippen LogP contribution in [0.15, 0.2) is 30.0 Å². The molecule has 2 aromatic rings. The Balaban J connectivity index is 1.47. The molecule has 0 saturated heterocycles. The zero-order valence-corrected chi connectivity index (χ0v) is 17.6. The van der Waals surface area contributed by atoms with Crippen LogP contribution in [0.25, 0.3) is 6.08 Å². The second-order valence-electron chi connectivity index (χ2n) is 7.94. The number of Topliss-reactive ketones (excluding diaryl/α,β-unsaturated/α-hetero) is 1. The van der Waals surface area contributed by atoms with Gasteiger partial charge in [0.1, 0.15) is 18.2 Å². The van der Waals surface area contributed by atoms with Crippen molar-refractivity contribution in [2.24, 2.45) is 0 Å². The van der Waals surface area contributed by atoms with Crippen LogP contribution in [-0.2, 0) is 6.54 Å². The Bertz CT molecular complexity index is 1040. The van der Waals surface area contributed by atoms with E-state index in [4.69, 9.17) is 32.7 Å². The Morgan fingerprint density at radius 3 is 2.66 bits per heavy atom. The molecule has 4 nitrogen and oxygen atoms in total. The summed E-state index contributed by atoms with van der Waals surface area (Å²) in [6, 6.07) is 7.75. The standard InChI is InChI=1S/C23H21Cl2NO3/c1-13-22-15(11-26(12-28-22)16-4-2-3-5-16)10-17-21(27)20(29-23(13)17)9-14-6-7-18(24)19(25)8-14/h6-10,16H,2-5,11-12H2,1H3/b20-9-. The van der Waals surface area contributed by atoms with Crippen molar-refractivity contribution in [3.8, 4) is 11.5 Å². The SMILES string of the molecule is Cc1c2c(cc3c1O/C(=C\c1ccc(Cl)c(Cl)c1)C3=O)CN(C1CCCC1)CO2. The average molecular weight is 430 g/mol. The minimum Gasteiger partial charge on any atom is -0.477 e. The third kappa shape index (κ3) is 3.33. The molecule has 2 aromatic carbocycles. The van der Waals surface area contributed by atoms with E-state index in [1.54, 1.807) is 24.3 Å². The predicted molar refractivity (Wildman–Crippen MR) is 114 cm³/mol. The van der Waals surface area contributed by atoms with Gasteiger partial charge in [-0.1, -0.05) is 42.1 Å². The maximum atomic E-state index is 13.0. The number of fused-ring (bicyclic) bond motifs is 2. The van der Waals surface area contributed by atoms with Gasteiger partial charge in [-0.2, -0.15) is 0 Å². The quantitative estimate of drug-likeness (QED) is 0.547. The molecule has 29 heavy (non-hydrogen) atoms. The third-order valence-corrected chi connectivity index (χ3v) is 6.79. The summed E-state index contributed by atoms with van der Waals surface area (Å²) in [6.07, 6.45) is 6.72. The molecule has 1 fully saturated rings. The zero-order chi connectivity index (χ0) is 20.1. The third-order valence-electron chi connectivity index (χ3n) is 6.05. The van der Waals surface area contributed by atoms with Crippen molar-refractivity contribution < 1.29 is 14.3 Å². The van der Waals surface area contributed by atoms with E-state index in [-0.39, 0.29) is 11.5 Å². The van der Waals surface area contributed by atoms with Crippen molar-refractivity contribution in [3.63, 3.8) is 0 Å². The largest absolute Gasteiger partial charge is 0.477 e. The molecule has 0 unspecified atom stereocenters. The lowest BCUT2D eigenvalue weighted by molar-refractivity contribution is 0.0570. The van der Waals surface area contributed by atoms with Gasteiger partial charge < -0.3 is 9.47 Å². The summed E-state index contributed by atoms with van der Waals surface area (Å²) < 4.78 is 12.1. The number of hydrogen-bond donors (Lipinski definition) is 0. The first kappa shape index (κ1) is 19.0. The smallest absolute Gasteiger partial charge is 0.231 e. The second-order valence-corrected chi connectivity index (χ2v) is 8.75. The molecular weight excluding hydrogens is 409 g/mol. The number of rotatable bonds is 2. The molecule has 2 aliphatic heterocycles. The van der Waals surface area contributed by atoms with Crippen molar-refractivity contribution in [1.29, 1.82) is 0 Å². The van der Waals surface area contributed by atoms with E-state index >= 15 is 0 Å². The van der Waals surface area contributed by atoms with Gasteiger partial charge in [-0.15, -0.1) is 0 Å². The fourth-order valence-corrected chi connectivity index (χ4v) is 4.83. The topological polar surface area (TPSA) is 38.8 Å². The summed E-state index contributed by atoms with van der Waals surface area (Å²) >= 11 is 12.1. The minimum absolute atomic E-state index is 0.116. The highest BCUT2D eigenvalue weighted by Crippen LogP contribution is 2.44. The normalized spacial score (nSPS) is 20.5. The van der Waals surface area contributed by atoms with E-state index in [0.717, 1.165) is 29.0 Å². The summed E-state index contributed by atoms with van der Waals surface area (Å²) in [5.74, 6) is 1.61. The van der Waals surface area contributed by atoms with Gasteiger partial charge in [-0.25, -0.2) is 0 Å². The molecular formula is C23H21Cl2NO3. The lowest BCUT2D eigenvalue weighted by Gasteiger charge is -2.34. The maximum Gasteiger partial charge on any atom is 0.231 e. The number of nitrogens with zero attached hydrogens (tertiary/aromatic N) is 1. The summed E-state index contributed by atoms with van der Waals surface area (Å²) in [6.45, 7) is 3.36. The maximum absolute atomic E-state index is 13.0. The van der Waals surface area contributed by atoms with Gasteiger partial charge in [-0.05, 0) is 49.6 Å². The molecule has 1 aliphatic carbocycles. The van der Waals surface area contributed by atoms with Crippen LogP contribution in [0.1, 0.15) is 52.7 Å². The van der Waals surface area contributed by atoms with Crippen LogP contribution in [0.2, 0.25) is 10.0 Å². The molecule has 0 spiro atoms. The lowest BCUT2D eigenvalue weighted by atomic mass is 9.99. The molecule has 0 N–H and O–H groups in total. The van der Waals surface area contributed by atoms with Gasteiger partial charge in [0.05, 0.1) is 15.6 Å². The van der Waals surface area contributed by atoms with E-state index in [0.29, 0.717) is 34.1 Å². The molecule has 2 heterocycles. The van der Waals surface area contributed by atoms with Crippen molar-refractivity contribution in [1.82, 2.24) is 4.90 Å². The van der Waals surface area contributed by atoms with Crippen LogP contribution >= 0.6 is 23.2 Å². The molecule has 5 rings (SSSR count). The van der Waals surface area contributed by atoms with E-state index in [9.17, 15) is 4.79 Å². The molecule has 0 atom stereocenters. The predicted octanol–water partition coefficient (Wildman–Crippen LogP) is 6.01. The van der Waals surface area contributed by atoms with Gasteiger partial charge in [0.25, 0.3) is 0 Å². The molecule has 0 bridgehead atoms. The Morgan fingerprint density at radius 2 is 1.90 bits per heavy atom. The van der Waals surface area contributed by atoms with Gasteiger partial charge in [-0.3, -0.25) is 9.69 Å². The van der Waals surface area contributed by atoms with Gasteiger partial charge >= 0.3 is 0 Å². The number of allylic oxidation sites excluding steroid dienone is 1. The van der Waals surface area contributed by atoms with Crippen LogP contribution in [0.3, 0.4) is 0 Å². The monoisotopic (exact) mass is 429 g/mol. The molecule has 6 heteroatoms. The first-order valence-electron chi connectivity index (χ1n) is 9.94. The van der Waals surface area contributed by atoms with Gasteiger partial charge in [0.2, 0.25) is 5.78 Å². The highest BCUT2D eigenvalue weighted by molar-refractivity contribution is 6.42. The summed E-state index contributed by atoms with van der Waals surface area (Å²) in [7, 11) is 0. The van der Waals surface area contributed by atoms with Crippen LogP contribution < -0.4 is 9.47 Å². The van der Waals surface area contributed by atoms with Gasteiger partial charge in [0, 0.05) is 23.7 Å². The number of halogens is 2. The van der Waals surface area contributed by atoms with Crippen LogP contribution in [0.5, 0.6) is 11.5 Å². The molecule has 3 aliphatic rings. The van der Waals surface area contributed by atoms with Crippen molar-refractivity contribution >= 4 is 35.1 Å². The number of hydrogen-bond acceptors (Lipinski definition) is 4. The van der Waals surface area contributed by atoms with E-state index in [2.05, 4.69) is 4.90 Å². The lowest BCUT2D eigenvalue weighted by Crippen LogP contribution is -2.39. The fraction of sp³-hybridized carbons (Fsp3) is 0.348. The van der Waals surface area contributed by atoms with Crippen LogP contribution in [0, 0.1) is 6.92 Å². The molecule has 150 valence electrons. The van der Waals surface area contributed by atoms with Crippen LogP contribution in [0.4, 0.5) is 0 Å². The second kappa shape index (κ2) is 7.35. The molecule has 0 aromatic heterocycles. The fourth-order valence-electron chi connectivity index (χ4n) is 4.52. The first-order valence-corrected chi connectivity index (χ1v) is 10.7. The highest BCUT2D eigenvalue weighted by Gasteiger charge is 2.35. The van der Waals surface area contributed by atoms with Crippen molar-refractivity contribution in [2.45, 2.75) is 45.2 Å². The minimum atomic E-state index is -0.116. The molecule has 1 saturated carbocycles. The summed E-state index contributed by atoms with van der Waals surface area (Å²) in [5, 5.41) is 0.916. The highest BCUT2D eigenvalue weighted by atomic mass is 35.5. The number of ketones is 1. The Hall–Kier alpha value is -2.01. The van der Waals surface area contributed by atoms with Crippen molar-refractivity contribution in [2.75, 3.05) is 6.73 Å². The first-order chi connectivity index (χ1) is 14.0.